The van der Waals surface area contributed by atoms with E-state index >= 15 is 0 Å². The Bertz CT molecular complexity index is 626. The van der Waals surface area contributed by atoms with Crippen molar-refractivity contribution in [3.63, 3.8) is 0 Å². The number of fused-ring (bicyclic) bond motifs is 1. The molecule has 3 heterocycles. The van der Waals surface area contributed by atoms with E-state index < -0.39 is 0 Å². The Balaban J connectivity index is 1.59. The normalized spacial score (nSPS) is 25.1. The van der Waals surface area contributed by atoms with Gasteiger partial charge < -0.3 is 14.2 Å². The smallest absolute Gasteiger partial charge is 0.251 e. The molecule has 1 aromatic carbocycles. The molecule has 0 bridgehead atoms. The van der Waals surface area contributed by atoms with Gasteiger partial charge in [0.05, 0.1) is 31.4 Å². The molecular weight excluding hydrogens is 288 g/mol. The highest BCUT2D eigenvalue weighted by molar-refractivity contribution is 6.22. The fraction of sp³-hybridized carbons (Fsp3) is 0.467. The van der Waals surface area contributed by atoms with Gasteiger partial charge in [-0.3, -0.25) is 14.5 Å². The lowest BCUT2D eigenvalue weighted by molar-refractivity contribution is -0.123. The van der Waals surface area contributed by atoms with E-state index in [1.54, 1.807) is 18.2 Å². The highest BCUT2D eigenvalue weighted by Gasteiger charge is 2.43. The van der Waals surface area contributed by atoms with Gasteiger partial charge in [0.25, 0.3) is 5.91 Å². The van der Waals surface area contributed by atoms with Gasteiger partial charge in [0.1, 0.15) is 0 Å². The number of hydrogen-bond donors (Lipinski definition) is 0. The van der Waals surface area contributed by atoms with Gasteiger partial charge in [0, 0.05) is 19.2 Å². The first-order valence-electron chi connectivity index (χ1n) is 7.32. The van der Waals surface area contributed by atoms with Gasteiger partial charge in [0.2, 0.25) is 12.7 Å². The molecule has 1 atom stereocenters. The number of hydrogen-bond acceptors (Lipinski definition) is 6. The molecule has 0 aromatic heterocycles. The molecule has 3 aliphatic rings. The van der Waals surface area contributed by atoms with Crippen molar-refractivity contribution in [3.8, 4) is 11.5 Å². The summed E-state index contributed by atoms with van der Waals surface area (Å²) in [6, 6.07) is 4.73. The molecule has 3 aliphatic heterocycles. The Kier molecular flexibility index (Phi) is 3.24. The standard InChI is InChI=1S/C15H16N2O5/c18-14-8-11(16-3-5-20-6-4-16)15(19)17(14)10-1-2-12-13(7-10)22-9-21-12/h1-2,7,11H,3-6,8-9H2/t11-/m0/s1. The van der Waals surface area contributed by atoms with E-state index in [-0.39, 0.29) is 31.1 Å². The molecule has 0 saturated carbocycles. The van der Waals surface area contributed by atoms with Gasteiger partial charge in [-0.15, -0.1) is 0 Å². The molecule has 2 amide bonds. The van der Waals surface area contributed by atoms with Crippen LogP contribution in [0.2, 0.25) is 0 Å². The first-order valence-corrected chi connectivity index (χ1v) is 7.32. The molecule has 2 saturated heterocycles. The first-order chi connectivity index (χ1) is 10.7. The first kappa shape index (κ1) is 13.5. The van der Waals surface area contributed by atoms with Gasteiger partial charge in [-0.25, -0.2) is 4.90 Å². The topological polar surface area (TPSA) is 68.3 Å². The zero-order valence-corrected chi connectivity index (χ0v) is 12.0. The molecule has 0 radical (unpaired) electrons. The average Bonchev–Trinajstić information content (AvgIpc) is 3.12. The van der Waals surface area contributed by atoms with Gasteiger partial charge >= 0.3 is 0 Å². The van der Waals surface area contributed by atoms with Crippen LogP contribution in [0.4, 0.5) is 5.69 Å². The predicted octanol–water partition coefficient (Wildman–Crippen LogP) is 0.379. The lowest BCUT2D eigenvalue weighted by Gasteiger charge is -2.30. The number of benzene rings is 1. The second-order valence-corrected chi connectivity index (χ2v) is 5.47. The van der Waals surface area contributed by atoms with Crippen LogP contribution in [0.5, 0.6) is 11.5 Å². The van der Waals surface area contributed by atoms with Crippen LogP contribution >= 0.6 is 0 Å². The van der Waals surface area contributed by atoms with E-state index in [4.69, 9.17) is 14.2 Å². The van der Waals surface area contributed by atoms with E-state index in [1.807, 2.05) is 4.90 Å². The van der Waals surface area contributed by atoms with Gasteiger partial charge in [-0.1, -0.05) is 0 Å². The number of rotatable bonds is 2. The van der Waals surface area contributed by atoms with Crippen LogP contribution in [0.15, 0.2) is 18.2 Å². The monoisotopic (exact) mass is 304 g/mol. The maximum Gasteiger partial charge on any atom is 0.251 e. The molecule has 116 valence electrons. The fourth-order valence-corrected chi connectivity index (χ4v) is 3.09. The maximum absolute atomic E-state index is 12.7. The van der Waals surface area contributed by atoms with Crippen molar-refractivity contribution in [2.75, 3.05) is 38.0 Å². The van der Waals surface area contributed by atoms with Gasteiger partial charge in [-0.05, 0) is 12.1 Å². The predicted molar refractivity (Wildman–Crippen MR) is 75.9 cm³/mol. The minimum Gasteiger partial charge on any atom is -0.454 e. The number of nitrogens with zero attached hydrogens (tertiary/aromatic N) is 2. The number of ether oxygens (including phenoxy) is 3. The summed E-state index contributed by atoms with van der Waals surface area (Å²) in [6.45, 7) is 2.72. The second-order valence-electron chi connectivity index (χ2n) is 5.47. The Labute approximate surface area is 127 Å². The van der Waals surface area contributed by atoms with Gasteiger partial charge in [-0.2, -0.15) is 0 Å². The number of carbonyl (C=O) groups excluding carboxylic acids is 2. The second kappa shape index (κ2) is 5.26. The van der Waals surface area contributed by atoms with E-state index in [9.17, 15) is 9.59 Å². The van der Waals surface area contributed by atoms with Crippen LogP contribution in [0.1, 0.15) is 6.42 Å². The molecular formula is C15H16N2O5. The number of imide groups is 1. The fourth-order valence-electron chi connectivity index (χ4n) is 3.09. The molecule has 4 rings (SSSR count). The number of morpholine rings is 1. The lowest BCUT2D eigenvalue weighted by atomic mass is 10.2. The van der Waals surface area contributed by atoms with Crippen LogP contribution in [0, 0.1) is 0 Å². The van der Waals surface area contributed by atoms with E-state index in [0.29, 0.717) is 43.5 Å². The molecule has 0 aliphatic carbocycles. The van der Waals surface area contributed by atoms with E-state index in [1.165, 1.54) is 4.90 Å². The molecule has 1 aromatic rings. The highest BCUT2D eigenvalue weighted by atomic mass is 16.7. The third-order valence-electron chi connectivity index (χ3n) is 4.22. The van der Waals surface area contributed by atoms with Crippen molar-refractivity contribution >= 4 is 17.5 Å². The quantitative estimate of drug-likeness (QED) is 0.736. The summed E-state index contributed by atoms with van der Waals surface area (Å²) >= 11 is 0. The molecule has 7 nitrogen and oxygen atoms in total. The zero-order chi connectivity index (χ0) is 15.1. The molecule has 7 heteroatoms. The minimum absolute atomic E-state index is 0.164. The van der Waals surface area contributed by atoms with Crippen molar-refractivity contribution in [3.05, 3.63) is 18.2 Å². The molecule has 0 N–H and O–H groups in total. The van der Waals surface area contributed by atoms with Crippen molar-refractivity contribution in [2.45, 2.75) is 12.5 Å². The Morgan fingerprint density at radius 1 is 1.05 bits per heavy atom. The van der Waals surface area contributed by atoms with Crippen molar-refractivity contribution in [1.29, 1.82) is 0 Å². The summed E-state index contributed by atoms with van der Waals surface area (Å²) < 4.78 is 15.9. The average molecular weight is 304 g/mol. The highest BCUT2D eigenvalue weighted by Crippen LogP contribution is 2.37. The zero-order valence-electron chi connectivity index (χ0n) is 12.0. The Morgan fingerprint density at radius 2 is 1.82 bits per heavy atom. The van der Waals surface area contributed by atoms with Crippen LogP contribution in [-0.4, -0.2) is 55.9 Å². The number of amides is 2. The third kappa shape index (κ3) is 2.13. The SMILES string of the molecule is O=C1C[C@H](N2CCOCC2)C(=O)N1c1ccc2c(c1)OCO2. The molecule has 0 unspecified atom stereocenters. The summed E-state index contributed by atoms with van der Waals surface area (Å²) in [4.78, 5) is 28.3. The summed E-state index contributed by atoms with van der Waals surface area (Å²) in [6.07, 6.45) is 0.216. The largest absolute Gasteiger partial charge is 0.454 e. The van der Waals surface area contributed by atoms with E-state index in [0.717, 1.165) is 0 Å². The summed E-state index contributed by atoms with van der Waals surface area (Å²) in [5, 5.41) is 0. The van der Waals surface area contributed by atoms with Crippen molar-refractivity contribution in [2.24, 2.45) is 0 Å². The Hall–Kier alpha value is -2.12. The maximum atomic E-state index is 12.7. The van der Waals surface area contributed by atoms with E-state index in [2.05, 4.69) is 0 Å². The summed E-state index contributed by atoms with van der Waals surface area (Å²) in [5.41, 5.74) is 0.537. The van der Waals surface area contributed by atoms with Crippen LogP contribution < -0.4 is 14.4 Å². The van der Waals surface area contributed by atoms with Crippen LogP contribution in [0.3, 0.4) is 0 Å². The van der Waals surface area contributed by atoms with Crippen molar-refractivity contribution in [1.82, 2.24) is 4.90 Å². The third-order valence-corrected chi connectivity index (χ3v) is 4.22. The molecule has 2 fully saturated rings. The van der Waals surface area contributed by atoms with Gasteiger partial charge in [0.15, 0.2) is 11.5 Å². The lowest BCUT2D eigenvalue weighted by Crippen LogP contribution is -2.47. The molecule has 0 spiro atoms. The number of carbonyl (C=O) groups is 2. The Morgan fingerprint density at radius 3 is 2.64 bits per heavy atom. The van der Waals surface area contributed by atoms with Crippen LogP contribution in [0.25, 0.3) is 0 Å². The molecule has 22 heavy (non-hydrogen) atoms. The summed E-state index contributed by atoms with van der Waals surface area (Å²) in [5.74, 6) is 0.839. The van der Waals surface area contributed by atoms with Crippen LogP contribution in [-0.2, 0) is 14.3 Å². The minimum atomic E-state index is -0.387. The number of anilines is 1. The van der Waals surface area contributed by atoms with Crippen molar-refractivity contribution < 1.29 is 23.8 Å². The summed E-state index contributed by atoms with van der Waals surface area (Å²) in [7, 11) is 0.